The molecule has 0 aliphatic carbocycles. The molecule has 0 N–H and O–H groups in total. The molecule has 2 aromatic heterocycles. The number of rotatable bonds is 4. The summed E-state index contributed by atoms with van der Waals surface area (Å²) in [6.07, 6.45) is 9.36. The molecule has 1 fully saturated rings. The maximum Gasteiger partial charge on any atom is 0.179 e. The number of pyridine rings is 1. The van der Waals surface area contributed by atoms with Crippen LogP contribution < -0.4 is 4.74 Å². The van der Waals surface area contributed by atoms with Crippen molar-refractivity contribution in [2.24, 2.45) is 0 Å². The van der Waals surface area contributed by atoms with E-state index in [2.05, 4.69) is 4.98 Å². The van der Waals surface area contributed by atoms with Crippen LogP contribution in [-0.2, 0) is 4.74 Å². The van der Waals surface area contributed by atoms with Gasteiger partial charge in [0.15, 0.2) is 11.4 Å². The van der Waals surface area contributed by atoms with Gasteiger partial charge in [-0.15, -0.1) is 0 Å². The van der Waals surface area contributed by atoms with E-state index in [1.807, 2.05) is 28.9 Å². The first-order chi connectivity index (χ1) is 8.43. The van der Waals surface area contributed by atoms with E-state index < -0.39 is 0 Å². The maximum absolute atomic E-state index is 5.78. The van der Waals surface area contributed by atoms with Crippen LogP contribution in [0.15, 0.2) is 30.7 Å². The van der Waals surface area contributed by atoms with Crippen molar-refractivity contribution >= 4 is 5.65 Å². The van der Waals surface area contributed by atoms with E-state index >= 15 is 0 Å². The monoisotopic (exact) mass is 232 g/mol. The van der Waals surface area contributed by atoms with Gasteiger partial charge >= 0.3 is 0 Å². The van der Waals surface area contributed by atoms with Crippen LogP contribution in [0.25, 0.3) is 5.65 Å². The van der Waals surface area contributed by atoms with E-state index in [0.29, 0.717) is 12.7 Å². The Hall–Kier alpha value is -1.55. The van der Waals surface area contributed by atoms with Gasteiger partial charge in [0.25, 0.3) is 0 Å². The molecule has 1 aliphatic rings. The van der Waals surface area contributed by atoms with Crippen LogP contribution in [0.3, 0.4) is 0 Å². The van der Waals surface area contributed by atoms with Gasteiger partial charge in [-0.05, 0) is 25.0 Å². The van der Waals surface area contributed by atoms with Gasteiger partial charge in [0.1, 0.15) is 0 Å². The Labute approximate surface area is 100 Å². The standard InChI is InChI=1S/C13H16N2O2/c1-4-12(13-14-6-8-15(13)7-1)17-10-5-11-3-2-9-16-11/h1,4,6-8,11H,2-3,5,9-10H2. The normalized spacial score (nSPS) is 19.9. The van der Waals surface area contributed by atoms with Crippen molar-refractivity contribution in [3.63, 3.8) is 0 Å². The molecule has 0 bridgehead atoms. The minimum absolute atomic E-state index is 0.384. The summed E-state index contributed by atoms with van der Waals surface area (Å²) in [6.45, 7) is 1.59. The molecule has 4 heteroatoms. The molecule has 1 saturated heterocycles. The maximum atomic E-state index is 5.78. The smallest absolute Gasteiger partial charge is 0.179 e. The van der Waals surface area contributed by atoms with E-state index in [0.717, 1.165) is 30.8 Å². The second-order valence-corrected chi connectivity index (χ2v) is 4.30. The van der Waals surface area contributed by atoms with Crippen molar-refractivity contribution < 1.29 is 9.47 Å². The zero-order valence-corrected chi connectivity index (χ0v) is 9.71. The summed E-state index contributed by atoms with van der Waals surface area (Å²) < 4.78 is 13.3. The number of nitrogens with zero attached hydrogens (tertiary/aromatic N) is 2. The van der Waals surface area contributed by atoms with Crippen molar-refractivity contribution in [2.45, 2.75) is 25.4 Å². The van der Waals surface area contributed by atoms with Crippen molar-refractivity contribution in [1.82, 2.24) is 9.38 Å². The van der Waals surface area contributed by atoms with Crippen molar-refractivity contribution in [3.8, 4) is 5.75 Å². The Bertz CT molecular complexity index is 489. The van der Waals surface area contributed by atoms with Crippen LogP contribution in [-0.4, -0.2) is 28.7 Å². The van der Waals surface area contributed by atoms with E-state index in [4.69, 9.17) is 9.47 Å². The predicted molar refractivity (Wildman–Crippen MR) is 64.3 cm³/mol. The highest BCUT2D eigenvalue weighted by atomic mass is 16.5. The highest BCUT2D eigenvalue weighted by Gasteiger charge is 2.15. The van der Waals surface area contributed by atoms with Crippen molar-refractivity contribution in [2.75, 3.05) is 13.2 Å². The third kappa shape index (κ3) is 2.26. The number of hydrogen-bond donors (Lipinski definition) is 0. The van der Waals surface area contributed by atoms with Crippen LogP contribution in [0.2, 0.25) is 0 Å². The predicted octanol–water partition coefficient (Wildman–Crippen LogP) is 2.28. The van der Waals surface area contributed by atoms with Gasteiger partial charge in [-0.25, -0.2) is 4.98 Å². The fourth-order valence-corrected chi connectivity index (χ4v) is 2.21. The first-order valence-electron chi connectivity index (χ1n) is 6.09. The minimum Gasteiger partial charge on any atom is -0.490 e. The molecular formula is C13H16N2O2. The van der Waals surface area contributed by atoms with Crippen LogP contribution in [0.5, 0.6) is 5.75 Å². The lowest BCUT2D eigenvalue weighted by Crippen LogP contribution is -2.11. The van der Waals surface area contributed by atoms with Crippen LogP contribution >= 0.6 is 0 Å². The first kappa shape index (κ1) is 10.6. The van der Waals surface area contributed by atoms with Gasteiger partial charge in [0, 0.05) is 31.6 Å². The summed E-state index contributed by atoms with van der Waals surface area (Å²) in [5.74, 6) is 0.843. The number of hydrogen-bond acceptors (Lipinski definition) is 3. The molecular weight excluding hydrogens is 216 g/mol. The average molecular weight is 232 g/mol. The highest BCUT2D eigenvalue weighted by molar-refractivity contribution is 5.53. The Kier molecular flexibility index (Phi) is 2.96. The van der Waals surface area contributed by atoms with Crippen molar-refractivity contribution in [1.29, 1.82) is 0 Å². The first-order valence-corrected chi connectivity index (χ1v) is 6.09. The topological polar surface area (TPSA) is 35.8 Å². The number of aromatic nitrogens is 2. The molecule has 0 radical (unpaired) electrons. The van der Waals surface area contributed by atoms with Gasteiger partial charge in [-0.2, -0.15) is 0 Å². The summed E-state index contributed by atoms with van der Waals surface area (Å²) in [4.78, 5) is 4.28. The van der Waals surface area contributed by atoms with E-state index in [9.17, 15) is 0 Å². The zero-order chi connectivity index (χ0) is 11.5. The van der Waals surface area contributed by atoms with Gasteiger partial charge in [0.05, 0.1) is 12.7 Å². The summed E-state index contributed by atoms with van der Waals surface area (Å²) in [5, 5.41) is 0. The second-order valence-electron chi connectivity index (χ2n) is 4.30. The zero-order valence-electron chi connectivity index (χ0n) is 9.71. The van der Waals surface area contributed by atoms with Crippen LogP contribution in [0, 0.1) is 0 Å². The molecule has 3 rings (SSSR count). The van der Waals surface area contributed by atoms with E-state index in [-0.39, 0.29) is 0 Å². The lowest BCUT2D eigenvalue weighted by molar-refractivity contribution is 0.0905. The SMILES string of the molecule is c1cc(OCCC2CCCO2)c2nccn2c1. The minimum atomic E-state index is 0.384. The van der Waals surface area contributed by atoms with Crippen LogP contribution in [0.4, 0.5) is 0 Å². The molecule has 0 spiro atoms. The summed E-state index contributed by atoms with van der Waals surface area (Å²) in [6, 6.07) is 3.92. The summed E-state index contributed by atoms with van der Waals surface area (Å²) >= 11 is 0. The molecule has 0 amide bonds. The van der Waals surface area contributed by atoms with E-state index in [1.165, 1.54) is 6.42 Å². The fraction of sp³-hybridized carbons (Fsp3) is 0.462. The second kappa shape index (κ2) is 4.75. The molecule has 2 aromatic rings. The number of imidazole rings is 1. The summed E-state index contributed by atoms with van der Waals surface area (Å²) in [5.41, 5.74) is 0.875. The highest BCUT2D eigenvalue weighted by Crippen LogP contribution is 2.19. The summed E-state index contributed by atoms with van der Waals surface area (Å²) in [7, 11) is 0. The lowest BCUT2D eigenvalue weighted by atomic mass is 10.2. The third-order valence-corrected chi connectivity index (χ3v) is 3.10. The fourth-order valence-electron chi connectivity index (χ4n) is 2.21. The Morgan fingerprint density at radius 2 is 2.47 bits per heavy atom. The number of fused-ring (bicyclic) bond motifs is 1. The molecule has 90 valence electrons. The molecule has 1 unspecified atom stereocenters. The van der Waals surface area contributed by atoms with E-state index in [1.54, 1.807) is 6.20 Å². The molecule has 1 aliphatic heterocycles. The molecule has 0 saturated carbocycles. The lowest BCUT2D eigenvalue weighted by Gasteiger charge is -2.11. The molecule has 1 atom stereocenters. The van der Waals surface area contributed by atoms with Crippen molar-refractivity contribution in [3.05, 3.63) is 30.7 Å². The Morgan fingerprint density at radius 3 is 3.35 bits per heavy atom. The van der Waals surface area contributed by atoms with Crippen LogP contribution in [0.1, 0.15) is 19.3 Å². The van der Waals surface area contributed by atoms with Gasteiger partial charge < -0.3 is 13.9 Å². The Balaban J connectivity index is 1.62. The quantitative estimate of drug-likeness (QED) is 0.811. The third-order valence-electron chi connectivity index (χ3n) is 3.10. The number of ether oxygens (including phenoxy) is 2. The molecule has 17 heavy (non-hydrogen) atoms. The van der Waals surface area contributed by atoms with Gasteiger partial charge in [-0.3, -0.25) is 0 Å². The largest absolute Gasteiger partial charge is 0.490 e. The van der Waals surface area contributed by atoms with Gasteiger partial charge in [0.2, 0.25) is 0 Å². The Morgan fingerprint density at radius 1 is 1.47 bits per heavy atom. The average Bonchev–Trinajstić information content (AvgIpc) is 2.99. The molecule has 0 aromatic carbocycles. The van der Waals surface area contributed by atoms with Gasteiger partial charge in [-0.1, -0.05) is 0 Å². The molecule has 4 nitrogen and oxygen atoms in total. The molecule has 3 heterocycles.